The maximum Gasteiger partial charge on any atom is 0.296 e. The van der Waals surface area contributed by atoms with Crippen molar-refractivity contribution in [3.05, 3.63) is 89.9 Å². The minimum absolute atomic E-state index is 0.208. The van der Waals surface area contributed by atoms with Crippen LogP contribution in [0.4, 0.5) is 0 Å². The Morgan fingerprint density at radius 3 is 2.72 bits per heavy atom. The smallest absolute Gasteiger partial charge is 0.296 e. The Hall–Kier alpha value is -2.77. The molecule has 25 heavy (non-hydrogen) atoms. The molecule has 4 aromatic rings. The van der Waals surface area contributed by atoms with Crippen LogP contribution in [0.25, 0.3) is 11.0 Å². The van der Waals surface area contributed by atoms with E-state index in [1.165, 1.54) is 6.26 Å². The van der Waals surface area contributed by atoms with Gasteiger partial charge in [0.15, 0.2) is 0 Å². The predicted molar refractivity (Wildman–Crippen MR) is 95.2 cm³/mol. The van der Waals surface area contributed by atoms with E-state index in [9.17, 15) is 9.59 Å². The molecule has 0 saturated carbocycles. The van der Waals surface area contributed by atoms with Gasteiger partial charge in [-0.3, -0.25) is 9.59 Å². The third kappa shape index (κ3) is 3.11. The Bertz CT molecular complexity index is 1210. The van der Waals surface area contributed by atoms with Gasteiger partial charge >= 0.3 is 0 Å². The number of hydrogen-bond acceptors (Lipinski definition) is 6. The minimum atomic E-state index is -0.444. The fourth-order valence-corrected chi connectivity index (χ4v) is 3.36. The average Bonchev–Trinajstić information content (AvgIpc) is 3.20. The molecule has 0 N–H and O–H groups in total. The fourth-order valence-electron chi connectivity index (χ4n) is 2.35. The first-order valence-corrected chi connectivity index (χ1v) is 8.52. The van der Waals surface area contributed by atoms with Crippen molar-refractivity contribution in [3.63, 3.8) is 0 Å². The van der Waals surface area contributed by atoms with Gasteiger partial charge in [-0.05, 0) is 29.8 Å². The zero-order chi connectivity index (χ0) is 17.4. The predicted octanol–water partition coefficient (Wildman–Crippen LogP) is 1.90. The van der Waals surface area contributed by atoms with Crippen molar-refractivity contribution in [1.82, 2.24) is 14.6 Å². The molecule has 0 aliphatic carbocycles. The van der Waals surface area contributed by atoms with Gasteiger partial charge in [-0.15, -0.1) is 0 Å². The van der Waals surface area contributed by atoms with Crippen molar-refractivity contribution in [2.24, 2.45) is 0 Å². The van der Waals surface area contributed by atoms with Gasteiger partial charge in [0.25, 0.3) is 11.1 Å². The van der Waals surface area contributed by atoms with Crippen LogP contribution in [0.3, 0.4) is 0 Å². The molecule has 6 nitrogen and oxygen atoms in total. The minimum Gasteiger partial charge on any atom is -0.465 e. The Morgan fingerprint density at radius 2 is 2.00 bits per heavy atom. The van der Waals surface area contributed by atoms with E-state index in [4.69, 9.17) is 16.0 Å². The summed E-state index contributed by atoms with van der Waals surface area (Å²) >= 11 is 6.96. The first-order valence-electron chi connectivity index (χ1n) is 7.32. The Kier molecular flexibility index (Phi) is 3.95. The van der Waals surface area contributed by atoms with Gasteiger partial charge in [0, 0.05) is 17.5 Å². The number of furan rings is 1. The number of thiazole rings is 1. The summed E-state index contributed by atoms with van der Waals surface area (Å²) in [7, 11) is 0. The summed E-state index contributed by atoms with van der Waals surface area (Å²) < 4.78 is 6.77. The number of nitrogens with zero attached hydrogens (tertiary/aromatic N) is 3. The lowest BCUT2D eigenvalue weighted by molar-refractivity contribution is 0.556. The summed E-state index contributed by atoms with van der Waals surface area (Å²) in [5, 5.41) is 4.81. The van der Waals surface area contributed by atoms with Gasteiger partial charge in [-0.1, -0.05) is 35.1 Å². The van der Waals surface area contributed by atoms with Gasteiger partial charge in [-0.2, -0.15) is 14.6 Å². The molecule has 0 spiro atoms. The van der Waals surface area contributed by atoms with E-state index in [0.29, 0.717) is 15.3 Å². The van der Waals surface area contributed by atoms with Crippen molar-refractivity contribution in [2.75, 3.05) is 0 Å². The van der Waals surface area contributed by atoms with Gasteiger partial charge in [0.05, 0.1) is 6.26 Å². The monoisotopic (exact) mass is 371 g/mol. The summed E-state index contributed by atoms with van der Waals surface area (Å²) in [6.45, 7) is 0. The first-order chi connectivity index (χ1) is 12.1. The van der Waals surface area contributed by atoms with Crippen molar-refractivity contribution in [1.29, 1.82) is 0 Å². The maximum absolute atomic E-state index is 12.5. The largest absolute Gasteiger partial charge is 0.465 e. The van der Waals surface area contributed by atoms with Gasteiger partial charge in [0.2, 0.25) is 4.96 Å². The van der Waals surface area contributed by atoms with E-state index in [0.717, 1.165) is 21.4 Å². The van der Waals surface area contributed by atoms with Crippen LogP contribution < -0.4 is 15.7 Å². The molecule has 3 heterocycles. The van der Waals surface area contributed by atoms with Crippen molar-refractivity contribution < 1.29 is 4.42 Å². The molecule has 0 amide bonds. The standard InChI is InChI=1S/C17H10ClN3O3S/c18-11-5-3-10(4-6-11)8-13-15(22)19-17-21(20-13)16(23)14(25-17)9-12-2-1-7-24-12/h1-7,9H,8H2/b14-9+. The highest BCUT2D eigenvalue weighted by atomic mass is 35.5. The second kappa shape index (κ2) is 6.27. The molecule has 0 aliphatic rings. The molecular weight excluding hydrogens is 362 g/mol. The summed E-state index contributed by atoms with van der Waals surface area (Å²) in [5.74, 6) is 0.549. The highest BCUT2D eigenvalue weighted by molar-refractivity contribution is 7.15. The molecule has 0 unspecified atom stereocenters. The maximum atomic E-state index is 12.5. The SMILES string of the molecule is O=c1nc2s/c(=C/c3ccco3)c(=O)n2nc1Cc1ccc(Cl)cc1. The van der Waals surface area contributed by atoms with Crippen LogP contribution in [0.5, 0.6) is 0 Å². The number of hydrogen-bond donors (Lipinski definition) is 0. The molecule has 0 radical (unpaired) electrons. The van der Waals surface area contributed by atoms with Crippen molar-refractivity contribution >= 4 is 34.0 Å². The Morgan fingerprint density at radius 1 is 1.20 bits per heavy atom. The topological polar surface area (TPSA) is 77.5 Å². The number of benzene rings is 1. The zero-order valence-corrected chi connectivity index (χ0v) is 14.3. The van der Waals surface area contributed by atoms with Crippen LogP contribution in [0.1, 0.15) is 17.0 Å². The molecule has 0 bridgehead atoms. The highest BCUT2D eigenvalue weighted by Crippen LogP contribution is 2.11. The molecule has 0 fully saturated rings. The third-order valence-corrected chi connectivity index (χ3v) is 4.76. The van der Waals surface area contributed by atoms with E-state index in [1.807, 2.05) is 0 Å². The average molecular weight is 372 g/mol. The van der Waals surface area contributed by atoms with E-state index in [2.05, 4.69) is 10.1 Å². The van der Waals surface area contributed by atoms with Crippen LogP contribution >= 0.6 is 22.9 Å². The van der Waals surface area contributed by atoms with Crippen LogP contribution in [-0.4, -0.2) is 14.6 Å². The molecule has 0 aliphatic heterocycles. The van der Waals surface area contributed by atoms with E-state index in [1.54, 1.807) is 42.5 Å². The van der Waals surface area contributed by atoms with Crippen molar-refractivity contribution in [2.45, 2.75) is 6.42 Å². The fraction of sp³-hybridized carbons (Fsp3) is 0.0588. The Labute approximate surface area is 149 Å². The van der Waals surface area contributed by atoms with E-state index < -0.39 is 5.56 Å². The normalized spacial score (nSPS) is 12.1. The molecule has 0 saturated heterocycles. The second-order valence-electron chi connectivity index (χ2n) is 5.29. The summed E-state index contributed by atoms with van der Waals surface area (Å²) in [6.07, 6.45) is 3.40. The van der Waals surface area contributed by atoms with E-state index in [-0.39, 0.29) is 22.6 Å². The lowest BCUT2D eigenvalue weighted by atomic mass is 10.1. The lowest BCUT2D eigenvalue weighted by Crippen LogP contribution is -2.28. The molecule has 0 atom stereocenters. The van der Waals surface area contributed by atoms with Crippen LogP contribution in [-0.2, 0) is 6.42 Å². The number of rotatable bonds is 3. The molecule has 3 aromatic heterocycles. The summed E-state index contributed by atoms with van der Waals surface area (Å²) in [4.78, 5) is 28.9. The van der Waals surface area contributed by atoms with Crippen LogP contribution in [0.2, 0.25) is 5.02 Å². The first kappa shape index (κ1) is 15.7. The summed E-state index contributed by atoms with van der Waals surface area (Å²) in [6, 6.07) is 10.6. The van der Waals surface area contributed by atoms with Crippen LogP contribution in [0, 0.1) is 0 Å². The number of fused-ring (bicyclic) bond motifs is 1. The molecule has 124 valence electrons. The van der Waals surface area contributed by atoms with Crippen LogP contribution in [0.15, 0.2) is 56.7 Å². The molecular formula is C17H10ClN3O3S. The van der Waals surface area contributed by atoms with E-state index >= 15 is 0 Å². The zero-order valence-electron chi connectivity index (χ0n) is 12.7. The van der Waals surface area contributed by atoms with Gasteiger partial charge in [0.1, 0.15) is 16.0 Å². The number of aromatic nitrogens is 3. The Balaban J connectivity index is 1.81. The molecule has 4 rings (SSSR count). The third-order valence-electron chi connectivity index (χ3n) is 3.55. The second-order valence-corrected chi connectivity index (χ2v) is 6.74. The van der Waals surface area contributed by atoms with Gasteiger partial charge in [-0.25, -0.2) is 0 Å². The van der Waals surface area contributed by atoms with Crippen molar-refractivity contribution in [3.8, 4) is 0 Å². The molecule has 8 heteroatoms. The number of halogens is 1. The van der Waals surface area contributed by atoms with Gasteiger partial charge < -0.3 is 4.42 Å². The quantitative estimate of drug-likeness (QED) is 0.549. The lowest BCUT2D eigenvalue weighted by Gasteiger charge is -2.00. The molecule has 1 aromatic carbocycles. The summed E-state index contributed by atoms with van der Waals surface area (Å²) in [5.41, 5.74) is 0.294. The highest BCUT2D eigenvalue weighted by Gasteiger charge is 2.12.